The van der Waals surface area contributed by atoms with Crippen molar-refractivity contribution in [1.82, 2.24) is 20.5 Å². The van der Waals surface area contributed by atoms with E-state index < -0.39 is 0 Å². The first-order valence-electron chi connectivity index (χ1n) is 6.44. The lowest BCUT2D eigenvalue weighted by molar-refractivity contribution is 0.0946. The Kier molecular flexibility index (Phi) is 3.51. The quantitative estimate of drug-likeness (QED) is 0.688. The molecule has 1 amide bonds. The van der Waals surface area contributed by atoms with E-state index in [9.17, 15) is 9.18 Å². The largest absolute Gasteiger partial charge is 0.360 e. The molecule has 0 saturated carbocycles. The van der Waals surface area contributed by atoms with Crippen LogP contribution in [0.3, 0.4) is 0 Å². The van der Waals surface area contributed by atoms with Crippen LogP contribution in [-0.2, 0) is 6.54 Å². The molecule has 0 atom stereocenters. The van der Waals surface area contributed by atoms with Crippen molar-refractivity contribution in [2.24, 2.45) is 0 Å². The first-order chi connectivity index (χ1) is 10.2. The lowest BCUT2D eigenvalue weighted by Gasteiger charge is -2.03. The highest BCUT2D eigenvalue weighted by molar-refractivity contribution is 5.93. The summed E-state index contributed by atoms with van der Waals surface area (Å²) in [5.41, 5.74) is 2.71. The van der Waals surface area contributed by atoms with Gasteiger partial charge in [0.05, 0.1) is 5.69 Å². The van der Waals surface area contributed by atoms with Crippen LogP contribution in [0.2, 0.25) is 0 Å². The highest BCUT2D eigenvalue weighted by Gasteiger charge is 2.11. The lowest BCUT2D eigenvalue weighted by Crippen LogP contribution is -2.23. The van der Waals surface area contributed by atoms with Gasteiger partial charge in [-0.05, 0) is 35.9 Å². The predicted octanol–water partition coefficient (Wildman–Crippen LogP) is 2.47. The van der Waals surface area contributed by atoms with Crippen LogP contribution < -0.4 is 5.32 Å². The van der Waals surface area contributed by atoms with Crippen molar-refractivity contribution < 1.29 is 9.18 Å². The van der Waals surface area contributed by atoms with Crippen LogP contribution in [0.4, 0.5) is 4.39 Å². The Hall–Kier alpha value is -2.89. The lowest BCUT2D eigenvalue weighted by atomic mass is 10.2. The van der Waals surface area contributed by atoms with Gasteiger partial charge in [-0.25, -0.2) is 4.39 Å². The van der Waals surface area contributed by atoms with E-state index in [4.69, 9.17) is 0 Å². The van der Waals surface area contributed by atoms with Gasteiger partial charge in [0.1, 0.15) is 17.2 Å². The van der Waals surface area contributed by atoms with E-state index in [2.05, 4.69) is 20.5 Å². The molecule has 0 fully saturated rings. The molecule has 21 heavy (non-hydrogen) atoms. The number of rotatable bonds is 4. The van der Waals surface area contributed by atoms with Gasteiger partial charge in [-0.15, -0.1) is 0 Å². The van der Waals surface area contributed by atoms with Gasteiger partial charge in [-0.1, -0.05) is 12.1 Å². The maximum atomic E-state index is 12.8. The number of nitrogens with zero attached hydrogens (tertiary/aromatic N) is 1. The summed E-state index contributed by atoms with van der Waals surface area (Å²) in [4.78, 5) is 15.0. The van der Waals surface area contributed by atoms with Crippen molar-refractivity contribution in [3.63, 3.8) is 0 Å². The average molecular weight is 284 g/mol. The first-order valence-corrected chi connectivity index (χ1v) is 6.44. The predicted molar refractivity (Wildman–Crippen MR) is 75.9 cm³/mol. The summed E-state index contributed by atoms with van der Waals surface area (Å²) in [6, 6.07) is 11.4. The van der Waals surface area contributed by atoms with Crippen LogP contribution in [-0.4, -0.2) is 21.1 Å². The molecule has 1 aromatic carbocycles. The minimum Gasteiger partial charge on any atom is -0.360 e. The summed E-state index contributed by atoms with van der Waals surface area (Å²) >= 11 is 0. The van der Waals surface area contributed by atoms with Gasteiger partial charge >= 0.3 is 0 Å². The molecule has 0 radical (unpaired) electrons. The van der Waals surface area contributed by atoms with E-state index in [1.807, 2.05) is 12.1 Å². The monoisotopic (exact) mass is 284 g/mol. The SMILES string of the molecule is O=C(NCc1ccc(F)cc1)c1cc(-c2ccc[nH]2)n[nH]1. The molecule has 0 aliphatic rings. The Morgan fingerprint density at radius 1 is 1.24 bits per heavy atom. The molecule has 3 rings (SSSR count). The summed E-state index contributed by atoms with van der Waals surface area (Å²) in [5, 5.41) is 9.53. The number of carbonyl (C=O) groups excluding carboxylic acids is 1. The van der Waals surface area contributed by atoms with E-state index in [1.54, 1.807) is 24.4 Å². The van der Waals surface area contributed by atoms with E-state index >= 15 is 0 Å². The van der Waals surface area contributed by atoms with Crippen molar-refractivity contribution in [2.75, 3.05) is 0 Å². The molecule has 2 aromatic heterocycles. The number of amides is 1. The maximum absolute atomic E-state index is 12.8. The second-order valence-corrected chi connectivity index (χ2v) is 4.56. The number of hydrogen-bond acceptors (Lipinski definition) is 2. The Morgan fingerprint density at radius 2 is 2.05 bits per heavy atom. The van der Waals surface area contributed by atoms with Crippen LogP contribution in [0, 0.1) is 5.82 Å². The highest BCUT2D eigenvalue weighted by Crippen LogP contribution is 2.14. The molecule has 3 N–H and O–H groups in total. The molecule has 0 saturated heterocycles. The number of nitrogens with one attached hydrogen (secondary N) is 3. The van der Waals surface area contributed by atoms with Gasteiger partial charge in [0.2, 0.25) is 0 Å². The molecule has 5 nitrogen and oxygen atoms in total. The van der Waals surface area contributed by atoms with Crippen molar-refractivity contribution in [1.29, 1.82) is 0 Å². The average Bonchev–Trinajstić information content (AvgIpc) is 3.17. The third kappa shape index (κ3) is 3.00. The number of aromatic amines is 2. The number of benzene rings is 1. The smallest absolute Gasteiger partial charge is 0.269 e. The molecule has 6 heteroatoms. The van der Waals surface area contributed by atoms with E-state index in [0.717, 1.165) is 11.3 Å². The third-order valence-electron chi connectivity index (χ3n) is 3.06. The van der Waals surface area contributed by atoms with E-state index in [0.29, 0.717) is 17.9 Å². The van der Waals surface area contributed by atoms with Crippen LogP contribution in [0.15, 0.2) is 48.7 Å². The number of aromatic nitrogens is 3. The molecule has 106 valence electrons. The molecule has 0 aliphatic heterocycles. The molecule has 0 unspecified atom stereocenters. The van der Waals surface area contributed by atoms with E-state index in [-0.39, 0.29) is 11.7 Å². The summed E-state index contributed by atoms with van der Waals surface area (Å²) in [6.07, 6.45) is 1.79. The highest BCUT2D eigenvalue weighted by atomic mass is 19.1. The van der Waals surface area contributed by atoms with Crippen molar-refractivity contribution in [3.8, 4) is 11.4 Å². The van der Waals surface area contributed by atoms with Gasteiger partial charge in [-0.2, -0.15) is 5.10 Å². The van der Waals surface area contributed by atoms with Crippen molar-refractivity contribution in [3.05, 3.63) is 65.7 Å². The van der Waals surface area contributed by atoms with Crippen LogP contribution in [0.5, 0.6) is 0 Å². The molecule has 0 aliphatic carbocycles. The maximum Gasteiger partial charge on any atom is 0.269 e. The molecular formula is C15H13FN4O. The summed E-state index contributed by atoms with van der Waals surface area (Å²) < 4.78 is 12.8. The Bertz CT molecular complexity index is 731. The van der Waals surface area contributed by atoms with Crippen LogP contribution in [0.1, 0.15) is 16.1 Å². The molecule has 3 aromatic rings. The fourth-order valence-electron chi connectivity index (χ4n) is 1.95. The minimum atomic E-state index is -0.297. The second kappa shape index (κ2) is 5.62. The number of hydrogen-bond donors (Lipinski definition) is 3. The van der Waals surface area contributed by atoms with Crippen molar-refractivity contribution in [2.45, 2.75) is 6.54 Å². The van der Waals surface area contributed by atoms with Gasteiger partial charge in [0.25, 0.3) is 5.91 Å². The van der Waals surface area contributed by atoms with Crippen LogP contribution in [0.25, 0.3) is 11.4 Å². The van der Waals surface area contributed by atoms with Gasteiger partial charge in [-0.3, -0.25) is 9.89 Å². The normalized spacial score (nSPS) is 10.5. The Balaban J connectivity index is 1.64. The fraction of sp³-hybridized carbons (Fsp3) is 0.0667. The zero-order valence-electron chi connectivity index (χ0n) is 11.1. The Labute approximate surface area is 120 Å². The zero-order chi connectivity index (χ0) is 14.7. The van der Waals surface area contributed by atoms with Crippen LogP contribution >= 0.6 is 0 Å². The summed E-state index contributed by atoms with van der Waals surface area (Å²) in [6.45, 7) is 0.329. The minimum absolute atomic E-state index is 0.260. The summed E-state index contributed by atoms with van der Waals surface area (Å²) in [7, 11) is 0. The molecular weight excluding hydrogens is 271 g/mol. The molecule has 2 heterocycles. The van der Waals surface area contributed by atoms with Gasteiger partial charge < -0.3 is 10.3 Å². The standard InChI is InChI=1S/C15H13FN4O/c16-11-5-3-10(4-6-11)9-18-15(21)14-8-13(19-20-14)12-2-1-7-17-12/h1-8,17H,9H2,(H,18,21)(H,19,20). The number of H-pyrrole nitrogens is 2. The topological polar surface area (TPSA) is 73.6 Å². The Morgan fingerprint density at radius 3 is 2.76 bits per heavy atom. The second-order valence-electron chi connectivity index (χ2n) is 4.56. The van der Waals surface area contributed by atoms with Gasteiger partial charge in [0, 0.05) is 12.7 Å². The number of halogens is 1. The van der Waals surface area contributed by atoms with E-state index in [1.165, 1.54) is 12.1 Å². The first kappa shape index (κ1) is 13.1. The fourth-order valence-corrected chi connectivity index (χ4v) is 1.95. The third-order valence-corrected chi connectivity index (χ3v) is 3.06. The molecule has 0 bridgehead atoms. The van der Waals surface area contributed by atoms with Crippen molar-refractivity contribution >= 4 is 5.91 Å². The summed E-state index contributed by atoms with van der Waals surface area (Å²) in [5.74, 6) is -0.557. The molecule has 0 spiro atoms. The van der Waals surface area contributed by atoms with Gasteiger partial charge in [0.15, 0.2) is 0 Å². The number of carbonyl (C=O) groups is 1. The zero-order valence-corrected chi connectivity index (χ0v) is 11.1.